The number of thioether (sulfide) groups is 1. The van der Waals surface area contributed by atoms with Crippen LogP contribution in [0.1, 0.15) is 24.6 Å². The van der Waals surface area contributed by atoms with Crippen molar-refractivity contribution in [3.8, 4) is 23.1 Å². The molecule has 1 N–H and O–H groups in total. The van der Waals surface area contributed by atoms with E-state index in [2.05, 4.69) is 16.4 Å². The number of amides is 1. The second-order valence-corrected chi connectivity index (χ2v) is 8.91. The molecule has 0 radical (unpaired) electrons. The van der Waals surface area contributed by atoms with Crippen LogP contribution in [0.15, 0.2) is 71.8 Å². The second kappa shape index (κ2) is 10.4. The van der Waals surface area contributed by atoms with Gasteiger partial charge in [0.2, 0.25) is 5.91 Å². The van der Waals surface area contributed by atoms with Gasteiger partial charge in [-0.1, -0.05) is 36.9 Å². The van der Waals surface area contributed by atoms with Gasteiger partial charge >= 0.3 is 0 Å². The average Bonchev–Trinajstić information content (AvgIpc) is 2.87. The maximum absolute atomic E-state index is 13.3. The predicted octanol–water partition coefficient (Wildman–Crippen LogP) is 5.99. The summed E-state index contributed by atoms with van der Waals surface area (Å²) in [6.07, 6.45) is 0.581. The van der Waals surface area contributed by atoms with Crippen molar-refractivity contribution in [3.05, 3.63) is 78.0 Å². The lowest BCUT2D eigenvalue weighted by Gasteiger charge is -2.17. The lowest BCUT2D eigenvalue weighted by molar-refractivity contribution is -0.115. The molecule has 0 bridgehead atoms. The van der Waals surface area contributed by atoms with Crippen LogP contribution in [0.25, 0.3) is 22.2 Å². The molecule has 34 heavy (non-hydrogen) atoms. The van der Waals surface area contributed by atoms with E-state index in [-0.39, 0.29) is 5.91 Å². The molecule has 2 aromatic heterocycles. The van der Waals surface area contributed by atoms with Crippen LogP contribution in [0.2, 0.25) is 0 Å². The van der Waals surface area contributed by atoms with Gasteiger partial charge in [-0.15, -0.1) is 0 Å². The Morgan fingerprint density at radius 1 is 1.12 bits per heavy atom. The van der Waals surface area contributed by atoms with E-state index in [1.165, 1.54) is 11.8 Å². The van der Waals surface area contributed by atoms with Crippen molar-refractivity contribution in [1.82, 2.24) is 9.97 Å². The standard InChI is InChI=1S/C27H24N4O2S/c1-4-25(26(32)30-24-15-17(2)29-23-8-6-5-7-21(23)24)34-27-19(16-28)11-14-22(31-27)18-9-12-20(33-3)13-10-18/h5-15,25H,4H2,1-3H3,(H,29,30,32). The van der Waals surface area contributed by atoms with Crippen molar-refractivity contribution in [2.24, 2.45) is 0 Å². The SMILES string of the molecule is CCC(Sc1nc(-c2ccc(OC)cc2)ccc1C#N)C(=O)Nc1cc(C)nc2ccccc12. The van der Waals surface area contributed by atoms with Gasteiger partial charge in [0.25, 0.3) is 0 Å². The van der Waals surface area contributed by atoms with E-state index in [9.17, 15) is 10.1 Å². The van der Waals surface area contributed by atoms with Gasteiger partial charge in [-0.3, -0.25) is 9.78 Å². The maximum Gasteiger partial charge on any atom is 0.237 e. The number of hydrogen-bond donors (Lipinski definition) is 1. The first-order valence-electron chi connectivity index (χ1n) is 10.9. The molecule has 7 heteroatoms. The number of aryl methyl sites for hydroxylation is 1. The number of pyridine rings is 2. The van der Waals surface area contributed by atoms with Gasteiger partial charge in [0.1, 0.15) is 16.8 Å². The van der Waals surface area contributed by atoms with Crippen molar-refractivity contribution in [3.63, 3.8) is 0 Å². The molecule has 1 atom stereocenters. The Labute approximate surface area is 203 Å². The summed E-state index contributed by atoms with van der Waals surface area (Å²) in [6.45, 7) is 3.86. The van der Waals surface area contributed by atoms with Crippen LogP contribution in [0, 0.1) is 18.3 Å². The number of nitriles is 1. The molecule has 1 unspecified atom stereocenters. The van der Waals surface area contributed by atoms with E-state index >= 15 is 0 Å². The lowest BCUT2D eigenvalue weighted by Crippen LogP contribution is -2.25. The molecule has 1 amide bonds. The van der Waals surface area contributed by atoms with Gasteiger partial charge in [0.05, 0.1) is 34.8 Å². The normalized spacial score (nSPS) is 11.6. The molecule has 6 nitrogen and oxygen atoms in total. The number of benzene rings is 2. The Bertz CT molecular complexity index is 1380. The molecule has 0 aliphatic rings. The highest BCUT2D eigenvalue weighted by atomic mass is 32.2. The van der Waals surface area contributed by atoms with Crippen LogP contribution in [0.4, 0.5) is 5.69 Å². The van der Waals surface area contributed by atoms with E-state index in [0.717, 1.165) is 39.3 Å². The van der Waals surface area contributed by atoms with Crippen molar-refractivity contribution in [1.29, 1.82) is 5.26 Å². The number of rotatable bonds is 7. The summed E-state index contributed by atoms with van der Waals surface area (Å²) in [7, 11) is 1.62. The third-order valence-corrected chi connectivity index (χ3v) is 6.75. The van der Waals surface area contributed by atoms with Gasteiger partial charge in [0.15, 0.2) is 0 Å². The summed E-state index contributed by atoms with van der Waals surface area (Å²) in [4.78, 5) is 22.5. The highest BCUT2D eigenvalue weighted by Gasteiger charge is 2.22. The first-order chi connectivity index (χ1) is 16.5. The number of methoxy groups -OCH3 is 1. The predicted molar refractivity (Wildman–Crippen MR) is 136 cm³/mol. The minimum absolute atomic E-state index is 0.135. The summed E-state index contributed by atoms with van der Waals surface area (Å²) in [6, 6.07) is 22.9. The Balaban J connectivity index is 1.60. The van der Waals surface area contributed by atoms with Crippen LogP contribution >= 0.6 is 11.8 Å². The van der Waals surface area contributed by atoms with Gasteiger partial charge in [-0.2, -0.15) is 5.26 Å². The number of ether oxygens (including phenoxy) is 1. The van der Waals surface area contributed by atoms with Gasteiger partial charge in [-0.25, -0.2) is 4.98 Å². The second-order valence-electron chi connectivity index (χ2n) is 7.72. The molecule has 2 heterocycles. The van der Waals surface area contributed by atoms with E-state index < -0.39 is 5.25 Å². The molecular weight excluding hydrogens is 444 g/mol. The molecule has 4 rings (SSSR count). The van der Waals surface area contributed by atoms with Crippen molar-refractivity contribution in [2.45, 2.75) is 30.5 Å². The fourth-order valence-electron chi connectivity index (χ4n) is 3.62. The molecule has 2 aromatic carbocycles. The van der Waals surface area contributed by atoms with Crippen molar-refractivity contribution >= 4 is 34.3 Å². The smallest absolute Gasteiger partial charge is 0.237 e. The average molecular weight is 469 g/mol. The number of para-hydroxylation sites is 1. The summed E-state index contributed by atoms with van der Waals surface area (Å²) in [5.74, 6) is 0.623. The molecule has 0 aliphatic heterocycles. The van der Waals surface area contributed by atoms with Crippen LogP contribution in [-0.4, -0.2) is 28.2 Å². The molecule has 0 fully saturated rings. The molecule has 0 saturated carbocycles. The van der Waals surface area contributed by atoms with Crippen LogP contribution in [0.5, 0.6) is 5.75 Å². The van der Waals surface area contributed by atoms with E-state index in [1.54, 1.807) is 13.2 Å². The Kier molecular flexibility index (Phi) is 7.09. The number of carbonyl (C=O) groups is 1. The fraction of sp³-hybridized carbons (Fsp3) is 0.185. The van der Waals surface area contributed by atoms with Crippen LogP contribution < -0.4 is 10.1 Å². The number of aromatic nitrogens is 2. The van der Waals surface area contributed by atoms with Crippen LogP contribution in [0.3, 0.4) is 0 Å². The zero-order chi connectivity index (χ0) is 24.1. The Morgan fingerprint density at radius 3 is 2.59 bits per heavy atom. The first kappa shape index (κ1) is 23.3. The number of nitrogens with one attached hydrogen (secondary N) is 1. The van der Waals surface area contributed by atoms with Gasteiger partial charge in [-0.05, 0) is 61.9 Å². The highest BCUT2D eigenvalue weighted by Crippen LogP contribution is 2.31. The summed E-state index contributed by atoms with van der Waals surface area (Å²) in [5, 5.41) is 13.7. The van der Waals surface area contributed by atoms with E-state index in [0.29, 0.717) is 17.0 Å². The maximum atomic E-state index is 13.3. The zero-order valence-corrected chi connectivity index (χ0v) is 20.0. The van der Waals surface area contributed by atoms with Gasteiger partial charge < -0.3 is 10.1 Å². The highest BCUT2D eigenvalue weighted by molar-refractivity contribution is 8.00. The number of fused-ring (bicyclic) bond motifs is 1. The lowest BCUT2D eigenvalue weighted by atomic mass is 10.1. The summed E-state index contributed by atoms with van der Waals surface area (Å²) < 4.78 is 5.23. The minimum atomic E-state index is -0.419. The molecular formula is C27H24N4O2S. The molecule has 170 valence electrons. The number of carbonyl (C=O) groups excluding carboxylic acids is 1. The Hall–Kier alpha value is -3.89. The van der Waals surface area contributed by atoms with E-state index in [1.807, 2.05) is 74.5 Å². The van der Waals surface area contributed by atoms with Crippen molar-refractivity contribution < 1.29 is 9.53 Å². The number of nitrogens with zero attached hydrogens (tertiary/aromatic N) is 3. The summed E-state index contributed by atoms with van der Waals surface area (Å²) in [5.41, 5.74) is 4.47. The quantitative estimate of drug-likeness (QED) is 0.335. The molecule has 0 saturated heterocycles. The number of hydrogen-bond acceptors (Lipinski definition) is 6. The third kappa shape index (κ3) is 5.03. The molecule has 0 aliphatic carbocycles. The first-order valence-corrected chi connectivity index (χ1v) is 11.8. The molecule has 4 aromatic rings. The topological polar surface area (TPSA) is 87.9 Å². The fourth-order valence-corrected chi connectivity index (χ4v) is 4.61. The summed E-state index contributed by atoms with van der Waals surface area (Å²) >= 11 is 1.31. The number of anilines is 1. The molecule has 0 spiro atoms. The minimum Gasteiger partial charge on any atom is -0.497 e. The van der Waals surface area contributed by atoms with E-state index in [4.69, 9.17) is 9.72 Å². The largest absolute Gasteiger partial charge is 0.497 e. The third-order valence-electron chi connectivity index (χ3n) is 5.39. The zero-order valence-electron chi connectivity index (χ0n) is 19.2. The van der Waals surface area contributed by atoms with Crippen molar-refractivity contribution in [2.75, 3.05) is 12.4 Å². The van der Waals surface area contributed by atoms with Gasteiger partial charge in [0, 0.05) is 16.6 Å². The monoisotopic (exact) mass is 468 g/mol. The Morgan fingerprint density at radius 2 is 1.88 bits per heavy atom. The van der Waals surface area contributed by atoms with Crippen LogP contribution in [-0.2, 0) is 4.79 Å².